The smallest absolute Gasteiger partial charge is 0.255 e. The van der Waals surface area contributed by atoms with E-state index in [-0.39, 0.29) is 41.5 Å². The fraction of sp³-hybridized carbons (Fsp3) is 0.261. The molecule has 0 fully saturated rings. The van der Waals surface area contributed by atoms with E-state index in [1.807, 2.05) is 0 Å². The number of amides is 1. The molecule has 9 heteroatoms. The van der Waals surface area contributed by atoms with Crippen molar-refractivity contribution in [2.45, 2.75) is 24.9 Å². The summed E-state index contributed by atoms with van der Waals surface area (Å²) < 4.78 is 0. The van der Waals surface area contributed by atoms with Crippen LogP contribution in [0.1, 0.15) is 28.8 Å². The number of hydrogen-bond donors (Lipinski definition) is 6. The lowest BCUT2D eigenvalue weighted by Gasteiger charge is -2.45. The Morgan fingerprint density at radius 2 is 1.81 bits per heavy atom. The summed E-state index contributed by atoms with van der Waals surface area (Å²) in [6, 6.07) is 6.31. The van der Waals surface area contributed by atoms with Crippen LogP contribution in [-0.2, 0) is 16.0 Å². The normalized spacial score (nSPS) is 27.3. The largest absolute Gasteiger partial charge is 0.511 e. The minimum Gasteiger partial charge on any atom is -0.511 e. The average Bonchev–Trinajstić information content (AvgIpc) is 2.70. The maximum atomic E-state index is 13.4. The van der Waals surface area contributed by atoms with Crippen molar-refractivity contribution in [3.8, 4) is 11.5 Å². The van der Waals surface area contributed by atoms with Gasteiger partial charge in [-0.05, 0) is 41.8 Å². The Hall–Kier alpha value is -3.85. The summed E-state index contributed by atoms with van der Waals surface area (Å²) in [5.41, 5.74) is 1.90. The summed E-state index contributed by atoms with van der Waals surface area (Å²) in [6.45, 7) is 0. The van der Waals surface area contributed by atoms with Crippen LogP contribution >= 0.6 is 0 Å². The molecule has 0 radical (unpaired) electrons. The predicted molar refractivity (Wildman–Crippen MR) is 110 cm³/mol. The van der Waals surface area contributed by atoms with Crippen molar-refractivity contribution in [1.82, 2.24) is 0 Å². The van der Waals surface area contributed by atoms with Crippen LogP contribution in [0.25, 0.3) is 10.8 Å². The molecule has 0 heterocycles. The second kappa shape index (κ2) is 6.33. The van der Waals surface area contributed by atoms with Crippen molar-refractivity contribution in [3.05, 3.63) is 58.1 Å². The van der Waals surface area contributed by atoms with Gasteiger partial charge in [-0.2, -0.15) is 0 Å². The molecular weight excluding hydrogens is 418 g/mol. The molecule has 3 aliphatic rings. The number of carbonyl (C=O) groups excluding carboxylic acids is 3. The molecular formula is C23H19NO8. The molecule has 0 spiro atoms. The maximum Gasteiger partial charge on any atom is 0.255 e. The molecule has 32 heavy (non-hydrogen) atoms. The molecule has 1 unspecified atom stereocenters. The number of benzene rings is 2. The number of Topliss-reactive ketones (excluding diaryl/α,β-unsaturated/α-hetero) is 2. The molecule has 0 bridgehead atoms. The molecule has 0 saturated carbocycles. The van der Waals surface area contributed by atoms with Crippen LogP contribution in [0.15, 0.2) is 46.9 Å². The lowest BCUT2D eigenvalue weighted by molar-refractivity contribution is -0.144. The first-order valence-electron chi connectivity index (χ1n) is 10.0. The first-order valence-corrected chi connectivity index (χ1v) is 10.0. The Morgan fingerprint density at radius 3 is 2.50 bits per heavy atom. The van der Waals surface area contributed by atoms with Gasteiger partial charge >= 0.3 is 0 Å². The molecule has 3 aliphatic carbocycles. The highest BCUT2D eigenvalue weighted by atomic mass is 16.3. The van der Waals surface area contributed by atoms with Gasteiger partial charge in [0, 0.05) is 17.9 Å². The maximum absolute atomic E-state index is 13.4. The van der Waals surface area contributed by atoms with Crippen molar-refractivity contribution < 1.29 is 39.9 Å². The van der Waals surface area contributed by atoms with E-state index in [1.165, 1.54) is 6.07 Å². The molecule has 9 nitrogen and oxygen atoms in total. The molecule has 0 aliphatic heterocycles. The number of allylic oxidation sites excluding steroid dienone is 2. The third-order valence-electron chi connectivity index (χ3n) is 6.87. The first kappa shape index (κ1) is 20.1. The molecule has 2 aromatic carbocycles. The standard InChI is InChI=1S/C23H19NO8/c24-22(31)17-13(26)7-11-6-10-5-9-4-8-2-1-3-12(25)14(8)18(27)15(9)19(28)16(10)20(29)23(11,32)21(17)30/h1-4,10-11,25-27,29,32H,5-7H2,(H2,24,31)/t10?,11-,23-/m0/s1. The Balaban J connectivity index is 1.73. The van der Waals surface area contributed by atoms with Gasteiger partial charge in [-0.15, -0.1) is 0 Å². The van der Waals surface area contributed by atoms with Gasteiger partial charge in [0.05, 0.1) is 10.9 Å². The van der Waals surface area contributed by atoms with E-state index >= 15 is 0 Å². The van der Waals surface area contributed by atoms with Gasteiger partial charge in [-0.3, -0.25) is 14.4 Å². The number of nitrogens with two attached hydrogens (primary N) is 1. The third-order valence-corrected chi connectivity index (χ3v) is 6.87. The van der Waals surface area contributed by atoms with Crippen LogP contribution in [0.3, 0.4) is 0 Å². The Kier molecular flexibility index (Phi) is 3.97. The van der Waals surface area contributed by atoms with Gasteiger partial charge in [0.1, 0.15) is 28.6 Å². The molecule has 1 amide bonds. The van der Waals surface area contributed by atoms with Crippen LogP contribution in [0.2, 0.25) is 0 Å². The van der Waals surface area contributed by atoms with Gasteiger partial charge in [0.25, 0.3) is 5.91 Å². The summed E-state index contributed by atoms with van der Waals surface area (Å²) in [7, 11) is 0. The topological polar surface area (TPSA) is 178 Å². The highest BCUT2D eigenvalue weighted by Gasteiger charge is 2.59. The van der Waals surface area contributed by atoms with Gasteiger partial charge in [0.2, 0.25) is 5.78 Å². The number of phenolic OH excluding ortho intramolecular Hbond substituents is 2. The lowest BCUT2D eigenvalue weighted by Crippen LogP contribution is -2.57. The summed E-state index contributed by atoms with van der Waals surface area (Å²) >= 11 is 0. The fourth-order valence-corrected chi connectivity index (χ4v) is 5.42. The minimum atomic E-state index is -2.59. The Bertz CT molecular complexity index is 1340. The number of phenols is 2. The molecule has 7 N–H and O–H groups in total. The van der Waals surface area contributed by atoms with Crippen LogP contribution in [0.4, 0.5) is 0 Å². The summed E-state index contributed by atoms with van der Waals surface area (Å²) in [5, 5.41) is 53.9. The van der Waals surface area contributed by atoms with E-state index in [1.54, 1.807) is 18.2 Å². The molecule has 5 rings (SSSR count). The number of aromatic hydroxyl groups is 2. The van der Waals surface area contributed by atoms with Crippen molar-refractivity contribution in [1.29, 1.82) is 0 Å². The zero-order valence-corrected chi connectivity index (χ0v) is 16.6. The van der Waals surface area contributed by atoms with E-state index in [4.69, 9.17) is 5.73 Å². The number of hydrogen-bond acceptors (Lipinski definition) is 8. The van der Waals surface area contributed by atoms with Gasteiger partial charge in [-0.25, -0.2) is 0 Å². The van der Waals surface area contributed by atoms with Gasteiger partial charge < -0.3 is 31.3 Å². The number of ketones is 2. The second-order valence-electron chi connectivity index (χ2n) is 8.55. The molecule has 164 valence electrons. The number of aliphatic hydroxyl groups is 3. The molecule has 0 aromatic heterocycles. The van der Waals surface area contributed by atoms with Crippen LogP contribution in [0.5, 0.6) is 11.5 Å². The molecule has 3 atom stereocenters. The third kappa shape index (κ3) is 2.34. The van der Waals surface area contributed by atoms with Crippen molar-refractivity contribution in [2.24, 2.45) is 17.6 Å². The Morgan fingerprint density at radius 1 is 1.09 bits per heavy atom. The van der Waals surface area contributed by atoms with E-state index < -0.39 is 57.8 Å². The van der Waals surface area contributed by atoms with Crippen LogP contribution in [0, 0.1) is 11.8 Å². The highest BCUT2D eigenvalue weighted by Crippen LogP contribution is 2.52. The SMILES string of the molecule is NC(=O)C1=C(O)C[C@@H]2CC3Cc4cc5cccc(O)c5c(O)c4C(=O)C3=C(O)[C@]2(O)C1=O. The van der Waals surface area contributed by atoms with E-state index in [9.17, 15) is 39.9 Å². The number of aliphatic hydroxyl groups excluding tert-OH is 2. The number of carbonyl (C=O) groups is 3. The number of rotatable bonds is 1. The minimum absolute atomic E-state index is 0.0712. The monoisotopic (exact) mass is 437 g/mol. The first-order chi connectivity index (χ1) is 15.1. The average molecular weight is 437 g/mol. The van der Waals surface area contributed by atoms with E-state index in [2.05, 4.69) is 0 Å². The van der Waals surface area contributed by atoms with Gasteiger partial charge in [-0.1, -0.05) is 12.1 Å². The molecule has 0 saturated heterocycles. The lowest BCUT2D eigenvalue weighted by atomic mass is 9.60. The number of primary amides is 1. The molecule has 2 aromatic rings. The second-order valence-corrected chi connectivity index (χ2v) is 8.55. The van der Waals surface area contributed by atoms with Crippen molar-refractivity contribution >= 4 is 28.2 Å². The summed E-state index contributed by atoms with van der Waals surface area (Å²) in [6.07, 6.45) is 0.0154. The summed E-state index contributed by atoms with van der Waals surface area (Å²) in [4.78, 5) is 38.0. The zero-order valence-electron chi connectivity index (χ0n) is 16.6. The van der Waals surface area contributed by atoms with E-state index in [0.717, 1.165) is 0 Å². The predicted octanol–water partition coefficient (Wildman–Crippen LogP) is 1.44. The van der Waals surface area contributed by atoms with E-state index in [0.29, 0.717) is 10.9 Å². The van der Waals surface area contributed by atoms with Crippen molar-refractivity contribution in [2.75, 3.05) is 0 Å². The van der Waals surface area contributed by atoms with Gasteiger partial charge in [0.15, 0.2) is 11.4 Å². The summed E-state index contributed by atoms with van der Waals surface area (Å²) in [5.74, 6) is -7.01. The van der Waals surface area contributed by atoms with Crippen molar-refractivity contribution in [3.63, 3.8) is 0 Å². The van der Waals surface area contributed by atoms with Crippen LogP contribution < -0.4 is 5.73 Å². The number of fused-ring (bicyclic) bond motifs is 4. The highest BCUT2D eigenvalue weighted by molar-refractivity contribution is 6.24. The quantitative estimate of drug-likeness (QED) is 0.363. The zero-order chi connectivity index (χ0) is 23.1. The van der Waals surface area contributed by atoms with Crippen LogP contribution in [-0.4, -0.2) is 48.6 Å². The Labute approximate surface area is 180 Å². The fourth-order valence-electron chi connectivity index (χ4n) is 5.42.